The van der Waals surface area contributed by atoms with Gasteiger partial charge in [0, 0.05) is 27.6 Å². The zero-order valence-electron chi connectivity index (χ0n) is 11.7. The van der Waals surface area contributed by atoms with Gasteiger partial charge in [0.2, 0.25) is 0 Å². The fourth-order valence-corrected chi connectivity index (χ4v) is 2.38. The number of benzene rings is 2. The topological polar surface area (TPSA) is 60.2 Å². The minimum absolute atomic E-state index is 0.0687. The highest BCUT2D eigenvalue weighted by Gasteiger charge is 2.08. The minimum Gasteiger partial charge on any atom is -0.289 e. The van der Waals surface area contributed by atoms with Crippen LogP contribution in [0.15, 0.2) is 53.4 Å². The number of nitro benzene ring substituents is 1. The lowest BCUT2D eigenvalue weighted by Gasteiger charge is -2.00. The van der Waals surface area contributed by atoms with Gasteiger partial charge in [0.1, 0.15) is 0 Å². The standard InChI is InChI=1S/C16H12ClNO3S/c1-22-14-6-2-11(3-7-14)16(19)9-4-12-10-13(18(20)21)5-8-15(12)17/h2-10H,1H3/b9-4+. The maximum atomic E-state index is 12.1. The van der Waals surface area contributed by atoms with Gasteiger partial charge in [-0.2, -0.15) is 0 Å². The second-order valence-corrected chi connectivity index (χ2v) is 5.68. The van der Waals surface area contributed by atoms with Crippen molar-refractivity contribution in [1.82, 2.24) is 0 Å². The summed E-state index contributed by atoms with van der Waals surface area (Å²) in [6.07, 6.45) is 4.81. The molecular formula is C16H12ClNO3S. The number of halogens is 1. The zero-order valence-corrected chi connectivity index (χ0v) is 13.2. The summed E-state index contributed by atoms with van der Waals surface area (Å²) in [5.41, 5.74) is 0.918. The van der Waals surface area contributed by atoms with Gasteiger partial charge in [0.25, 0.3) is 5.69 Å². The molecule has 2 aromatic rings. The lowest BCUT2D eigenvalue weighted by molar-refractivity contribution is -0.384. The molecule has 0 aromatic heterocycles. The van der Waals surface area contributed by atoms with Crippen LogP contribution in [0.25, 0.3) is 6.08 Å². The summed E-state index contributed by atoms with van der Waals surface area (Å²) in [5, 5.41) is 11.1. The van der Waals surface area contributed by atoms with Crippen LogP contribution >= 0.6 is 23.4 Å². The summed E-state index contributed by atoms with van der Waals surface area (Å²) in [6, 6.07) is 11.3. The number of rotatable bonds is 5. The Hall–Kier alpha value is -2.11. The molecule has 112 valence electrons. The van der Waals surface area contributed by atoms with Crippen LogP contribution in [-0.4, -0.2) is 17.0 Å². The molecule has 0 aliphatic heterocycles. The quantitative estimate of drug-likeness (QED) is 0.257. The number of nitro groups is 1. The Labute approximate surface area is 136 Å². The number of carbonyl (C=O) groups excluding carboxylic acids is 1. The minimum atomic E-state index is -0.503. The first-order valence-electron chi connectivity index (χ1n) is 6.31. The van der Waals surface area contributed by atoms with Crippen LogP contribution < -0.4 is 0 Å². The molecule has 0 bridgehead atoms. The number of ketones is 1. The van der Waals surface area contributed by atoms with Crippen LogP contribution in [0.5, 0.6) is 0 Å². The first kappa shape index (κ1) is 16.3. The number of carbonyl (C=O) groups is 1. The SMILES string of the molecule is CSc1ccc(C(=O)/C=C/c2cc([N+](=O)[O-])ccc2Cl)cc1. The lowest BCUT2D eigenvalue weighted by Crippen LogP contribution is -1.94. The number of nitrogens with zero attached hydrogens (tertiary/aromatic N) is 1. The van der Waals surface area contributed by atoms with E-state index in [2.05, 4.69) is 0 Å². The molecule has 0 fully saturated rings. The molecule has 0 radical (unpaired) electrons. The van der Waals surface area contributed by atoms with Crippen LogP contribution in [0.2, 0.25) is 5.02 Å². The van der Waals surface area contributed by atoms with E-state index in [1.807, 2.05) is 18.4 Å². The number of hydrogen-bond acceptors (Lipinski definition) is 4. The molecule has 0 spiro atoms. The molecule has 0 N–H and O–H groups in total. The predicted octanol–water partition coefficient (Wildman–Crippen LogP) is 4.87. The van der Waals surface area contributed by atoms with Gasteiger partial charge >= 0.3 is 0 Å². The molecule has 2 rings (SSSR count). The van der Waals surface area contributed by atoms with E-state index in [1.54, 1.807) is 23.9 Å². The number of thioether (sulfide) groups is 1. The Morgan fingerprint density at radius 3 is 2.50 bits per heavy atom. The molecule has 0 saturated carbocycles. The Balaban J connectivity index is 2.21. The van der Waals surface area contributed by atoms with Gasteiger partial charge < -0.3 is 0 Å². The number of hydrogen-bond donors (Lipinski definition) is 0. The van der Waals surface area contributed by atoms with E-state index in [1.165, 1.54) is 30.4 Å². The second-order valence-electron chi connectivity index (χ2n) is 4.39. The van der Waals surface area contributed by atoms with Crippen LogP contribution in [0.4, 0.5) is 5.69 Å². The van der Waals surface area contributed by atoms with Gasteiger partial charge in [-0.15, -0.1) is 11.8 Å². The molecule has 0 heterocycles. The summed E-state index contributed by atoms with van der Waals surface area (Å²) in [7, 11) is 0. The highest BCUT2D eigenvalue weighted by atomic mass is 35.5. The molecule has 0 aliphatic rings. The molecule has 4 nitrogen and oxygen atoms in total. The van der Waals surface area contributed by atoms with Crippen molar-refractivity contribution in [1.29, 1.82) is 0 Å². The molecule has 0 aliphatic carbocycles. The van der Waals surface area contributed by atoms with Gasteiger partial charge in [-0.3, -0.25) is 14.9 Å². The van der Waals surface area contributed by atoms with Gasteiger partial charge in [-0.1, -0.05) is 11.6 Å². The summed E-state index contributed by atoms with van der Waals surface area (Å²) >= 11 is 7.58. The van der Waals surface area contributed by atoms with Gasteiger partial charge in [0.15, 0.2) is 5.78 Å². The predicted molar refractivity (Wildman–Crippen MR) is 89.7 cm³/mol. The van der Waals surface area contributed by atoms with Crippen molar-refractivity contribution < 1.29 is 9.72 Å². The van der Waals surface area contributed by atoms with Gasteiger partial charge in [-0.05, 0) is 54.3 Å². The molecule has 2 aromatic carbocycles. The summed E-state index contributed by atoms with van der Waals surface area (Å²) < 4.78 is 0. The Morgan fingerprint density at radius 1 is 1.23 bits per heavy atom. The largest absolute Gasteiger partial charge is 0.289 e. The fraction of sp³-hybridized carbons (Fsp3) is 0.0625. The van der Waals surface area contributed by atoms with Crippen LogP contribution in [0, 0.1) is 10.1 Å². The van der Waals surface area contributed by atoms with E-state index >= 15 is 0 Å². The third-order valence-electron chi connectivity index (χ3n) is 2.98. The highest BCUT2D eigenvalue weighted by Crippen LogP contribution is 2.23. The Bertz CT molecular complexity index is 742. The maximum Gasteiger partial charge on any atom is 0.270 e. The van der Waals surface area contributed by atoms with Crippen LogP contribution in [0.1, 0.15) is 15.9 Å². The van der Waals surface area contributed by atoms with E-state index in [0.717, 1.165) is 4.90 Å². The van der Waals surface area contributed by atoms with Crippen molar-refractivity contribution in [2.45, 2.75) is 4.90 Å². The average Bonchev–Trinajstić information content (AvgIpc) is 2.53. The Kier molecular flexibility index (Phi) is 5.35. The van der Waals surface area contributed by atoms with Crippen LogP contribution in [-0.2, 0) is 0 Å². The van der Waals surface area contributed by atoms with Crippen molar-refractivity contribution in [3.05, 3.63) is 74.8 Å². The molecule has 0 atom stereocenters. The zero-order chi connectivity index (χ0) is 16.1. The number of non-ortho nitro benzene ring substituents is 1. The third kappa shape index (κ3) is 3.96. The monoisotopic (exact) mass is 333 g/mol. The van der Waals surface area contributed by atoms with Crippen molar-refractivity contribution in [2.75, 3.05) is 6.26 Å². The smallest absolute Gasteiger partial charge is 0.270 e. The van der Waals surface area contributed by atoms with E-state index < -0.39 is 4.92 Å². The Morgan fingerprint density at radius 2 is 1.91 bits per heavy atom. The third-order valence-corrected chi connectivity index (χ3v) is 4.07. The number of allylic oxidation sites excluding steroid dienone is 1. The molecule has 0 amide bonds. The summed E-state index contributed by atoms with van der Waals surface area (Å²) in [5.74, 6) is -0.185. The van der Waals surface area contributed by atoms with Crippen molar-refractivity contribution in [3.8, 4) is 0 Å². The van der Waals surface area contributed by atoms with Crippen LogP contribution in [0.3, 0.4) is 0 Å². The molecule has 0 unspecified atom stereocenters. The van der Waals surface area contributed by atoms with E-state index in [0.29, 0.717) is 16.1 Å². The van der Waals surface area contributed by atoms with E-state index in [4.69, 9.17) is 11.6 Å². The van der Waals surface area contributed by atoms with Crippen molar-refractivity contribution in [2.24, 2.45) is 0 Å². The first-order valence-corrected chi connectivity index (χ1v) is 7.92. The van der Waals surface area contributed by atoms with E-state index in [-0.39, 0.29) is 11.5 Å². The van der Waals surface area contributed by atoms with Crippen molar-refractivity contribution >= 4 is 40.9 Å². The summed E-state index contributed by atoms with van der Waals surface area (Å²) in [4.78, 5) is 23.4. The van der Waals surface area contributed by atoms with Gasteiger partial charge in [-0.25, -0.2) is 0 Å². The summed E-state index contributed by atoms with van der Waals surface area (Å²) in [6.45, 7) is 0. The highest BCUT2D eigenvalue weighted by molar-refractivity contribution is 7.98. The normalized spacial score (nSPS) is 10.8. The fourth-order valence-electron chi connectivity index (χ4n) is 1.79. The molecule has 0 saturated heterocycles. The average molecular weight is 334 g/mol. The lowest BCUT2D eigenvalue weighted by atomic mass is 10.1. The van der Waals surface area contributed by atoms with Crippen molar-refractivity contribution in [3.63, 3.8) is 0 Å². The van der Waals surface area contributed by atoms with Gasteiger partial charge in [0.05, 0.1) is 4.92 Å². The second kappa shape index (κ2) is 7.24. The molecule has 6 heteroatoms. The maximum absolute atomic E-state index is 12.1. The molecular weight excluding hydrogens is 322 g/mol. The first-order chi connectivity index (χ1) is 10.5. The molecule has 22 heavy (non-hydrogen) atoms. The van der Waals surface area contributed by atoms with E-state index in [9.17, 15) is 14.9 Å².